The van der Waals surface area contributed by atoms with Crippen LogP contribution in [0.5, 0.6) is 0 Å². The predicted octanol–water partition coefficient (Wildman–Crippen LogP) is 4.04. The Labute approximate surface area is 117 Å². The highest BCUT2D eigenvalue weighted by atomic mass is 16.5. The average molecular weight is 264 g/mol. The molecule has 2 nitrogen and oxygen atoms in total. The number of ether oxygens (including phenoxy) is 1. The van der Waals surface area contributed by atoms with Crippen LogP contribution in [0.15, 0.2) is 0 Å². The fourth-order valence-electron chi connectivity index (χ4n) is 4.67. The molecule has 0 spiro atoms. The van der Waals surface area contributed by atoms with Crippen LogP contribution in [-0.2, 0) is 9.53 Å². The Morgan fingerprint density at radius 1 is 1.11 bits per heavy atom. The lowest BCUT2D eigenvalue weighted by atomic mass is 9.79. The molecule has 2 heteroatoms. The van der Waals surface area contributed by atoms with E-state index in [-0.39, 0.29) is 17.5 Å². The van der Waals surface area contributed by atoms with Crippen molar-refractivity contribution >= 4 is 5.97 Å². The number of carbonyl (C=O) groups is 1. The maximum Gasteiger partial charge on any atom is 0.312 e. The van der Waals surface area contributed by atoms with E-state index < -0.39 is 0 Å². The molecule has 0 saturated heterocycles. The summed E-state index contributed by atoms with van der Waals surface area (Å²) >= 11 is 0. The van der Waals surface area contributed by atoms with Crippen LogP contribution in [0.3, 0.4) is 0 Å². The zero-order valence-corrected chi connectivity index (χ0v) is 12.8. The lowest BCUT2D eigenvalue weighted by Crippen LogP contribution is -2.38. The molecular weight excluding hydrogens is 236 g/mol. The van der Waals surface area contributed by atoms with Crippen molar-refractivity contribution in [1.82, 2.24) is 0 Å². The van der Waals surface area contributed by atoms with Gasteiger partial charge >= 0.3 is 5.97 Å². The van der Waals surface area contributed by atoms with Gasteiger partial charge in [0.1, 0.15) is 6.10 Å². The quantitative estimate of drug-likeness (QED) is 0.719. The molecule has 3 aliphatic carbocycles. The van der Waals surface area contributed by atoms with Crippen LogP contribution in [0.2, 0.25) is 0 Å². The molecule has 3 saturated carbocycles. The van der Waals surface area contributed by atoms with E-state index in [1.165, 1.54) is 25.7 Å². The van der Waals surface area contributed by atoms with Gasteiger partial charge in [-0.1, -0.05) is 20.3 Å². The Morgan fingerprint density at radius 3 is 2.47 bits per heavy atom. The molecular formula is C17H28O2. The molecule has 0 heterocycles. The second kappa shape index (κ2) is 4.49. The third kappa shape index (κ3) is 2.02. The lowest BCUT2D eigenvalue weighted by molar-refractivity contribution is -0.166. The molecule has 3 fully saturated rings. The normalized spacial score (nSPS) is 40.8. The van der Waals surface area contributed by atoms with Crippen molar-refractivity contribution in [1.29, 1.82) is 0 Å². The van der Waals surface area contributed by atoms with E-state index in [4.69, 9.17) is 4.74 Å². The Hall–Kier alpha value is -0.530. The Balaban J connectivity index is 1.65. The zero-order valence-electron chi connectivity index (χ0n) is 12.8. The predicted molar refractivity (Wildman–Crippen MR) is 75.5 cm³/mol. The van der Waals surface area contributed by atoms with E-state index in [0.717, 1.165) is 24.2 Å². The fraction of sp³-hybridized carbons (Fsp3) is 0.941. The van der Waals surface area contributed by atoms with Crippen LogP contribution < -0.4 is 0 Å². The van der Waals surface area contributed by atoms with Gasteiger partial charge in [0.05, 0.1) is 5.41 Å². The molecule has 0 aliphatic heterocycles. The number of esters is 1. The Morgan fingerprint density at radius 2 is 1.79 bits per heavy atom. The highest BCUT2D eigenvalue weighted by molar-refractivity contribution is 5.76. The topological polar surface area (TPSA) is 26.3 Å². The monoisotopic (exact) mass is 264 g/mol. The van der Waals surface area contributed by atoms with Crippen LogP contribution >= 0.6 is 0 Å². The lowest BCUT2D eigenvalue weighted by Gasteiger charge is -2.34. The van der Waals surface area contributed by atoms with Crippen LogP contribution in [0.1, 0.15) is 59.8 Å². The van der Waals surface area contributed by atoms with Crippen LogP contribution in [0, 0.1) is 35.0 Å². The van der Waals surface area contributed by atoms with Gasteiger partial charge in [0.2, 0.25) is 0 Å². The molecule has 0 aromatic rings. The highest BCUT2D eigenvalue weighted by Gasteiger charge is 2.55. The molecule has 0 radical (unpaired) electrons. The zero-order chi connectivity index (χ0) is 13.8. The van der Waals surface area contributed by atoms with Gasteiger partial charge in [0, 0.05) is 0 Å². The fourth-order valence-corrected chi connectivity index (χ4v) is 4.67. The first kappa shape index (κ1) is 13.5. The van der Waals surface area contributed by atoms with Crippen molar-refractivity contribution in [3.05, 3.63) is 0 Å². The second-order valence-corrected chi connectivity index (χ2v) is 7.97. The largest absolute Gasteiger partial charge is 0.462 e. The first-order valence-corrected chi connectivity index (χ1v) is 8.12. The number of hydrogen-bond donors (Lipinski definition) is 0. The number of rotatable bonds is 3. The van der Waals surface area contributed by atoms with Crippen molar-refractivity contribution in [2.24, 2.45) is 35.0 Å². The standard InChI is InChI=1S/C17H28O2/c1-10(2)17(3,4)16(18)19-15-9-11-8-14(15)13-7-5-6-12(11)13/h10-15H,5-9H2,1-4H3. The Kier molecular flexibility index (Phi) is 3.18. The van der Waals surface area contributed by atoms with Crippen molar-refractivity contribution in [2.75, 3.05) is 0 Å². The molecule has 3 rings (SSSR count). The van der Waals surface area contributed by atoms with E-state index >= 15 is 0 Å². The minimum Gasteiger partial charge on any atom is -0.462 e. The first-order valence-electron chi connectivity index (χ1n) is 8.12. The van der Waals surface area contributed by atoms with Crippen molar-refractivity contribution in [3.63, 3.8) is 0 Å². The average Bonchev–Trinajstić information content (AvgIpc) is 2.99. The third-order valence-corrected chi connectivity index (χ3v) is 6.60. The molecule has 0 amide bonds. The van der Waals surface area contributed by atoms with E-state index in [0.29, 0.717) is 11.8 Å². The van der Waals surface area contributed by atoms with Crippen molar-refractivity contribution in [3.8, 4) is 0 Å². The van der Waals surface area contributed by atoms with Gasteiger partial charge in [-0.25, -0.2) is 0 Å². The molecule has 0 aromatic carbocycles. The van der Waals surface area contributed by atoms with Crippen LogP contribution in [0.25, 0.3) is 0 Å². The minimum atomic E-state index is -0.350. The summed E-state index contributed by atoms with van der Waals surface area (Å²) in [5.41, 5.74) is -0.350. The number of fused-ring (bicyclic) bond motifs is 5. The maximum atomic E-state index is 12.4. The molecule has 3 aliphatic rings. The summed E-state index contributed by atoms with van der Waals surface area (Å²) in [4.78, 5) is 12.4. The van der Waals surface area contributed by atoms with Gasteiger partial charge in [-0.3, -0.25) is 4.79 Å². The highest BCUT2D eigenvalue weighted by Crippen LogP contribution is 2.59. The molecule has 5 atom stereocenters. The smallest absolute Gasteiger partial charge is 0.312 e. The van der Waals surface area contributed by atoms with E-state index in [2.05, 4.69) is 13.8 Å². The summed E-state index contributed by atoms with van der Waals surface area (Å²) in [6.07, 6.45) is 6.92. The van der Waals surface area contributed by atoms with Gasteiger partial charge in [-0.15, -0.1) is 0 Å². The SMILES string of the molecule is CC(C)C(C)(C)C(=O)OC1CC2CC1C1CCCC21. The molecule has 108 valence electrons. The van der Waals surface area contributed by atoms with E-state index in [1.54, 1.807) is 0 Å². The maximum absolute atomic E-state index is 12.4. The van der Waals surface area contributed by atoms with Gasteiger partial charge in [0.15, 0.2) is 0 Å². The van der Waals surface area contributed by atoms with Gasteiger partial charge in [-0.2, -0.15) is 0 Å². The molecule has 0 N–H and O–H groups in total. The summed E-state index contributed by atoms with van der Waals surface area (Å²) in [5.74, 6) is 3.74. The number of hydrogen-bond acceptors (Lipinski definition) is 2. The summed E-state index contributed by atoms with van der Waals surface area (Å²) < 4.78 is 5.94. The van der Waals surface area contributed by atoms with E-state index in [1.807, 2.05) is 13.8 Å². The van der Waals surface area contributed by atoms with Gasteiger partial charge in [-0.05, 0) is 69.1 Å². The molecule has 2 bridgehead atoms. The van der Waals surface area contributed by atoms with Crippen molar-refractivity contribution in [2.45, 2.75) is 65.9 Å². The van der Waals surface area contributed by atoms with Gasteiger partial charge < -0.3 is 4.74 Å². The molecule has 5 unspecified atom stereocenters. The van der Waals surface area contributed by atoms with Crippen molar-refractivity contribution < 1.29 is 9.53 Å². The summed E-state index contributed by atoms with van der Waals surface area (Å²) in [5, 5.41) is 0. The summed E-state index contributed by atoms with van der Waals surface area (Å²) in [6.45, 7) is 8.25. The third-order valence-electron chi connectivity index (χ3n) is 6.60. The molecule has 0 aromatic heterocycles. The van der Waals surface area contributed by atoms with E-state index in [9.17, 15) is 4.79 Å². The van der Waals surface area contributed by atoms with Crippen LogP contribution in [-0.4, -0.2) is 12.1 Å². The Bertz CT molecular complexity index is 371. The minimum absolute atomic E-state index is 0.0228. The molecule has 19 heavy (non-hydrogen) atoms. The summed E-state index contributed by atoms with van der Waals surface area (Å²) in [7, 11) is 0. The second-order valence-electron chi connectivity index (χ2n) is 7.97. The van der Waals surface area contributed by atoms with Gasteiger partial charge in [0.25, 0.3) is 0 Å². The number of carbonyl (C=O) groups excluding carboxylic acids is 1. The van der Waals surface area contributed by atoms with Crippen LogP contribution in [0.4, 0.5) is 0 Å². The summed E-state index contributed by atoms with van der Waals surface area (Å²) in [6, 6.07) is 0. The first-order chi connectivity index (χ1) is 8.91.